The summed E-state index contributed by atoms with van der Waals surface area (Å²) in [6, 6.07) is 3.94. The zero-order valence-corrected chi connectivity index (χ0v) is 13.1. The topological polar surface area (TPSA) is 50.1 Å². The fourth-order valence-electron chi connectivity index (χ4n) is 2.85. The van der Waals surface area contributed by atoms with E-state index in [1.165, 1.54) is 18.2 Å². The summed E-state index contributed by atoms with van der Waals surface area (Å²) in [5, 5.41) is 0. The minimum atomic E-state index is -0.526. The van der Waals surface area contributed by atoms with Gasteiger partial charge in [0.15, 0.2) is 0 Å². The van der Waals surface area contributed by atoms with Crippen molar-refractivity contribution in [3.8, 4) is 0 Å². The first-order valence-electron chi connectivity index (χ1n) is 7.43. The zero-order chi connectivity index (χ0) is 16.3. The van der Waals surface area contributed by atoms with Gasteiger partial charge in [-0.25, -0.2) is 14.2 Å². The van der Waals surface area contributed by atoms with Crippen molar-refractivity contribution in [2.24, 2.45) is 11.1 Å². The van der Waals surface area contributed by atoms with Gasteiger partial charge >= 0.3 is 0 Å². The summed E-state index contributed by atoms with van der Waals surface area (Å²) in [7, 11) is 0. The minimum absolute atomic E-state index is 0.0894. The highest BCUT2D eigenvalue weighted by atomic mass is 19.1. The van der Waals surface area contributed by atoms with Crippen molar-refractivity contribution in [3.63, 3.8) is 0 Å². The minimum Gasteiger partial charge on any atom is -0.401 e. The Morgan fingerprint density at radius 1 is 1.32 bits per heavy atom. The Labute approximate surface area is 130 Å². The molecule has 1 aromatic carbocycles. The van der Waals surface area contributed by atoms with Crippen LogP contribution >= 0.6 is 0 Å². The zero-order valence-electron chi connectivity index (χ0n) is 13.1. The Morgan fingerprint density at radius 2 is 1.95 bits per heavy atom. The third-order valence-corrected chi connectivity index (χ3v) is 4.41. The molecule has 0 radical (unpaired) electrons. The molecule has 1 unspecified atom stereocenters. The van der Waals surface area contributed by atoms with Crippen molar-refractivity contribution in [2.75, 3.05) is 6.54 Å². The predicted molar refractivity (Wildman–Crippen MR) is 84.6 cm³/mol. The van der Waals surface area contributed by atoms with E-state index in [9.17, 15) is 8.78 Å². The predicted octanol–water partition coefficient (Wildman–Crippen LogP) is 3.15. The van der Waals surface area contributed by atoms with Crippen LogP contribution in [0.5, 0.6) is 0 Å². The lowest BCUT2D eigenvalue weighted by Crippen LogP contribution is -2.31. The van der Waals surface area contributed by atoms with Crippen LogP contribution in [0.15, 0.2) is 41.7 Å². The van der Waals surface area contributed by atoms with Gasteiger partial charge in [-0.05, 0) is 43.9 Å². The lowest BCUT2D eigenvalue weighted by molar-refractivity contribution is 0.332. The average molecular weight is 307 g/mol. The highest BCUT2D eigenvalue weighted by molar-refractivity contribution is 5.34. The molecule has 0 amide bonds. The van der Waals surface area contributed by atoms with Crippen LogP contribution in [-0.2, 0) is 6.42 Å². The SMILES string of the molecule is C=C1NNCCCC(C)(Cc2c(F)cccc2F)C(N)=C1C. The van der Waals surface area contributed by atoms with E-state index in [4.69, 9.17) is 5.73 Å². The third-order valence-electron chi connectivity index (χ3n) is 4.41. The maximum absolute atomic E-state index is 14.0. The van der Waals surface area contributed by atoms with Crippen LogP contribution in [0.1, 0.15) is 32.3 Å². The van der Waals surface area contributed by atoms with E-state index in [1.54, 1.807) is 0 Å². The van der Waals surface area contributed by atoms with Gasteiger partial charge < -0.3 is 11.2 Å². The first-order chi connectivity index (χ1) is 10.3. The number of allylic oxidation sites excluding steroid dienone is 2. The van der Waals surface area contributed by atoms with Crippen LogP contribution in [0.25, 0.3) is 0 Å². The van der Waals surface area contributed by atoms with Crippen molar-refractivity contribution < 1.29 is 8.78 Å². The summed E-state index contributed by atoms with van der Waals surface area (Å²) in [6.45, 7) is 8.49. The van der Waals surface area contributed by atoms with E-state index in [1.807, 2.05) is 13.8 Å². The quantitative estimate of drug-likeness (QED) is 0.787. The van der Waals surface area contributed by atoms with Gasteiger partial charge in [0.05, 0.1) is 0 Å². The second-order valence-corrected chi connectivity index (χ2v) is 6.11. The number of hydrazine groups is 1. The lowest BCUT2D eigenvalue weighted by atomic mass is 9.75. The van der Waals surface area contributed by atoms with Crippen molar-refractivity contribution in [1.29, 1.82) is 0 Å². The van der Waals surface area contributed by atoms with Crippen molar-refractivity contribution >= 4 is 0 Å². The summed E-state index contributed by atoms with van der Waals surface area (Å²) in [5.41, 5.74) is 14.1. The van der Waals surface area contributed by atoms with Gasteiger partial charge in [0.25, 0.3) is 0 Å². The molecule has 22 heavy (non-hydrogen) atoms. The molecule has 4 N–H and O–H groups in total. The number of benzene rings is 1. The summed E-state index contributed by atoms with van der Waals surface area (Å²) in [4.78, 5) is 0. The van der Waals surface area contributed by atoms with E-state index in [2.05, 4.69) is 17.4 Å². The standard InChI is InChI=1S/C17H23F2N3/c1-11-12(2)22-21-9-5-8-17(3,16(11)20)10-13-14(18)6-4-7-15(13)19/h4,6-7,21-22H,2,5,8-10,20H2,1,3H3. The number of nitrogens with two attached hydrogens (primary N) is 1. The molecule has 0 aromatic heterocycles. The average Bonchev–Trinajstić information content (AvgIpc) is 2.52. The highest BCUT2D eigenvalue weighted by Gasteiger charge is 2.32. The van der Waals surface area contributed by atoms with Gasteiger partial charge in [-0.3, -0.25) is 0 Å². The molecule has 1 aliphatic heterocycles. The molecule has 0 spiro atoms. The molecule has 0 aliphatic carbocycles. The van der Waals surface area contributed by atoms with Crippen molar-refractivity contribution in [3.05, 3.63) is 58.9 Å². The van der Waals surface area contributed by atoms with Crippen LogP contribution in [0.4, 0.5) is 8.78 Å². The first-order valence-corrected chi connectivity index (χ1v) is 7.43. The van der Waals surface area contributed by atoms with Crippen LogP contribution in [0.3, 0.4) is 0 Å². The fraction of sp³-hybridized carbons (Fsp3) is 0.412. The largest absolute Gasteiger partial charge is 0.401 e. The van der Waals surface area contributed by atoms with Gasteiger partial charge in [-0.15, -0.1) is 0 Å². The van der Waals surface area contributed by atoms with Gasteiger partial charge in [-0.2, -0.15) is 0 Å². The van der Waals surface area contributed by atoms with E-state index >= 15 is 0 Å². The Hall–Kier alpha value is -1.88. The number of nitrogens with one attached hydrogen (secondary N) is 2. The highest BCUT2D eigenvalue weighted by Crippen LogP contribution is 2.37. The summed E-state index contributed by atoms with van der Waals surface area (Å²) < 4.78 is 28.0. The van der Waals surface area contributed by atoms with Gasteiger partial charge in [0, 0.05) is 28.9 Å². The summed E-state index contributed by atoms with van der Waals surface area (Å²) in [6.07, 6.45) is 1.79. The van der Waals surface area contributed by atoms with Crippen LogP contribution in [0, 0.1) is 17.0 Å². The van der Waals surface area contributed by atoms with E-state index < -0.39 is 17.0 Å². The molecular weight excluding hydrogens is 284 g/mol. The Kier molecular flexibility index (Phi) is 4.86. The first kappa shape index (κ1) is 16.5. The van der Waals surface area contributed by atoms with Crippen LogP contribution < -0.4 is 16.6 Å². The van der Waals surface area contributed by atoms with E-state index in [-0.39, 0.29) is 12.0 Å². The molecule has 1 aliphatic rings. The molecule has 0 saturated carbocycles. The Balaban J connectivity index is 2.43. The Morgan fingerprint density at radius 3 is 2.59 bits per heavy atom. The van der Waals surface area contributed by atoms with Crippen molar-refractivity contribution in [1.82, 2.24) is 10.9 Å². The fourth-order valence-corrected chi connectivity index (χ4v) is 2.85. The molecule has 2 rings (SSSR count). The summed E-state index contributed by atoms with van der Waals surface area (Å²) in [5.74, 6) is -1.05. The third kappa shape index (κ3) is 3.30. The second-order valence-electron chi connectivity index (χ2n) is 6.11. The molecule has 0 bridgehead atoms. The van der Waals surface area contributed by atoms with Gasteiger partial charge in [0.2, 0.25) is 0 Å². The maximum atomic E-state index is 14.0. The molecule has 5 heteroatoms. The molecule has 3 nitrogen and oxygen atoms in total. The molecular formula is C17H23F2N3. The van der Waals surface area contributed by atoms with Crippen molar-refractivity contribution in [2.45, 2.75) is 33.1 Å². The number of hydrogen-bond donors (Lipinski definition) is 3. The Bertz CT molecular complexity index is 590. The molecule has 1 aromatic rings. The molecule has 1 atom stereocenters. The van der Waals surface area contributed by atoms with Gasteiger partial charge in [-0.1, -0.05) is 19.6 Å². The van der Waals surface area contributed by atoms with Gasteiger partial charge in [0.1, 0.15) is 11.6 Å². The van der Waals surface area contributed by atoms with Crippen LogP contribution in [-0.4, -0.2) is 6.54 Å². The van der Waals surface area contributed by atoms with E-state index in [0.717, 1.165) is 25.0 Å². The molecule has 0 saturated heterocycles. The molecule has 0 fully saturated rings. The smallest absolute Gasteiger partial charge is 0.129 e. The molecule has 1 heterocycles. The van der Waals surface area contributed by atoms with E-state index in [0.29, 0.717) is 11.4 Å². The van der Waals surface area contributed by atoms with Crippen LogP contribution in [0.2, 0.25) is 0 Å². The maximum Gasteiger partial charge on any atom is 0.129 e. The number of halogens is 2. The number of rotatable bonds is 2. The normalized spacial score (nSPS) is 23.5. The summed E-state index contributed by atoms with van der Waals surface area (Å²) >= 11 is 0. The molecule has 120 valence electrons. The number of hydrogen-bond acceptors (Lipinski definition) is 3. The second kappa shape index (κ2) is 6.48. The lowest BCUT2D eigenvalue weighted by Gasteiger charge is -2.32. The monoisotopic (exact) mass is 307 g/mol.